The monoisotopic (exact) mass is 188 g/mol. The van der Waals surface area contributed by atoms with Gasteiger partial charge in [0.15, 0.2) is 6.29 Å². The van der Waals surface area contributed by atoms with Gasteiger partial charge in [-0.05, 0) is 17.6 Å². The van der Waals surface area contributed by atoms with E-state index in [1.54, 1.807) is 0 Å². The Bertz CT molecular complexity index is 366. The van der Waals surface area contributed by atoms with Crippen molar-refractivity contribution in [2.24, 2.45) is 0 Å². The third kappa shape index (κ3) is 1.75. The van der Waals surface area contributed by atoms with E-state index in [0.29, 0.717) is 6.61 Å². The van der Waals surface area contributed by atoms with Crippen molar-refractivity contribution in [3.05, 3.63) is 41.5 Å². The number of carbonyl (C=O) groups excluding carboxylic acids is 1. The maximum Gasteiger partial charge on any atom is 0.150 e. The van der Waals surface area contributed by atoms with Gasteiger partial charge >= 0.3 is 0 Å². The van der Waals surface area contributed by atoms with Crippen molar-refractivity contribution in [2.75, 3.05) is 13.2 Å². The molecule has 2 rings (SSSR count). The van der Waals surface area contributed by atoms with Crippen molar-refractivity contribution in [1.29, 1.82) is 0 Å². The molecule has 0 aliphatic carbocycles. The smallest absolute Gasteiger partial charge is 0.150 e. The molecule has 1 aliphatic heterocycles. The first-order valence-corrected chi connectivity index (χ1v) is 4.73. The summed E-state index contributed by atoms with van der Waals surface area (Å²) in [5.41, 5.74) is 3.03. The Labute approximate surface area is 83.2 Å². The van der Waals surface area contributed by atoms with Crippen LogP contribution in [0.15, 0.2) is 30.3 Å². The summed E-state index contributed by atoms with van der Waals surface area (Å²) in [5.74, 6) is 0. The molecule has 1 aromatic carbocycles. The van der Waals surface area contributed by atoms with Crippen LogP contribution in [-0.2, 0) is 4.74 Å². The van der Waals surface area contributed by atoms with Crippen LogP contribution in [0.1, 0.15) is 22.3 Å². The Morgan fingerprint density at radius 2 is 2.14 bits per heavy atom. The van der Waals surface area contributed by atoms with Gasteiger partial charge in [-0.15, -0.1) is 0 Å². The van der Waals surface area contributed by atoms with Crippen LogP contribution in [0.5, 0.6) is 0 Å². The lowest BCUT2D eigenvalue weighted by Crippen LogP contribution is -2.05. The molecule has 0 fully saturated rings. The largest absolute Gasteiger partial charge is 0.377 e. The van der Waals surface area contributed by atoms with Crippen LogP contribution < -0.4 is 0 Å². The zero-order valence-corrected chi connectivity index (χ0v) is 7.90. The molecule has 0 saturated carbocycles. The van der Waals surface area contributed by atoms with Crippen molar-refractivity contribution in [2.45, 2.75) is 6.42 Å². The van der Waals surface area contributed by atoms with E-state index in [1.165, 1.54) is 5.57 Å². The Morgan fingerprint density at radius 1 is 1.29 bits per heavy atom. The summed E-state index contributed by atoms with van der Waals surface area (Å²) in [4.78, 5) is 10.8. The summed E-state index contributed by atoms with van der Waals surface area (Å²) in [6, 6.07) is 7.67. The number of carbonyl (C=O) groups is 1. The van der Waals surface area contributed by atoms with Gasteiger partial charge in [0.05, 0.1) is 13.2 Å². The molecule has 1 heterocycles. The quantitative estimate of drug-likeness (QED) is 0.666. The molecule has 0 radical (unpaired) electrons. The Kier molecular flexibility index (Phi) is 2.75. The van der Waals surface area contributed by atoms with E-state index in [4.69, 9.17) is 4.74 Å². The van der Waals surface area contributed by atoms with Crippen LogP contribution in [0.2, 0.25) is 0 Å². The van der Waals surface area contributed by atoms with Gasteiger partial charge < -0.3 is 4.74 Å². The molecule has 0 unspecified atom stereocenters. The molecule has 1 aliphatic rings. The highest BCUT2D eigenvalue weighted by Crippen LogP contribution is 2.23. The van der Waals surface area contributed by atoms with Crippen molar-refractivity contribution in [1.82, 2.24) is 0 Å². The van der Waals surface area contributed by atoms with E-state index in [0.717, 1.165) is 30.4 Å². The van der Waals surface area contributed by atoms with Crippen molar-refractivity contribution >= 4 is 11.9 Å². The molecule has 2 heteroatoms. The molecule has 1 aromatic rings. The molecule has 0 saturated heterocycles. The normalized spacial score (nSPS) is 16.1. The standard InChI is InChI=1S/C12H12O2/c13-9-11-3-1-2-4-12(11)10-5-7-14-8-6-10/h1-5,9H,6-8H2. The van der Waals surface area contributed by atoms with Crippen LogP contribution >= 0.6 is 0 Å². The molecule has 0 bridgehead atoms. The number of rotatable bonds is 2. The third-order valence-corrected chi connectivity index (χ3v) is 2.40. The molecular formula is C12H12O2. The summed E-state index contributed by atoms with van der Waals surface area (Å²) >= 11 is 0. The lowest BCUT2D eigenvalue weighted by Gasteiger charge is -2.14. The minimum Gasteiger partial charge on any atom is -0.377 e. The fraction of sp³-hybridized carbons (Fsp3) is 0.250. The van der Waals surface area contributed by atoms with Gasteiger partial charge in [-0.1, -0.05) is 30.3 Å². The number of benzene rings is 1. The van der Waals surface area contributed by atoms with Gasteiger partial charge in [0.1, 0.15) is 0 Å². The number of hydrogen-bond acceptors (Lipinski definition) is 2. The first kappa shape index (κ1) is 9.16. The van der Waals surface area contributed by atoms with E-state index >= 15 is 0 Å². The molecule has 0 atom stereocenters. The van der Waals surface area contributed by atoms with Crippen LogP contribution in [-0.4, -0.2) is 19.5 Å². The Morgan fingerprint density at radius 3 is 2.86 bits per heavy atom. The summed E-state index contributed by atoms with van der Waals surface area (Å²) in [6.45, 7) is 1.40. The van der Waals surface area contributed by atoms with Crippen LogP contribution in [0, 0.1) is 0 Å². The summed E-state index contributed by atoms with van der Waals surface area (Å²) in [6.07, 6.45) is 3.85. The van der Waals surface area contributed by atoms with Crippen LogP contribution in [0.25, 0.3) is 5.57 Å². The van der Waals surface area contributed by atoms with Gasteiger partial charge in [0.25, 0.3) is 0 Å². The lowest BCUT2D eigenvalue weighted by molar-refractivity contribution is 0.112. The third-order valence-electron chi connectivity index (χ3n) is 2.40. The summed E-state index contributed by atoms with van der Waals surface area (Å²) in [5, 5.41) is 0. The Hall–Kier alpha value is -1.41. The lowest BCUT2D eigenvalue weighted by atomic mass is 9.97. The first-order chi connectivity index (χ1) is 6.92. The van der Waals surface area contributed by atoms with E-state index in [9.17, 15) is 4.79 Å². The second kappa shape index (κ2) is 4.20. The maximum absolute atomic E-state index is 10.8. The van der Waals surface area contributed by atoms with Gasteiger partial charge in [0.2, 0.25) is 0 Å². The highest BCUT2D eigenvalue weighted by Gasteiger charge is 2.09. The average molecular weight is 188 g/mol. The van der Waals surface area contributed by atoms with Gasteiger partial charge in [0, 0.05) is 5.56 Å². The highest BCUT2D eigenvalue weighted by molar-refractivity contribution is 5.85. The number of hydrogen-bond donors (Lipinski definition) is 0. The first-order valence-electron chi connectivity index (χ1n) is 4.73. The van der Waals surface area contributed by atoms with E-state index in [2.05, 4.69) is 0 Å². The van der Waals surface area contributed by atoms with Gasteiger partial charge in [-0.2, -0.15) is 0 Å². The van der Waals surface area contributed by atoms with Gasteiger partial charge in [-0.25, -0.2) is 0 Å². The molecule has 0 spiro atoms. The molecular weight excluding hydrogens is 176 g/mol. The van der Waals surface area contributed by atoms with E-state index in [-0.39, 0.29) is 0 Å². The molecule has 0 N–H and O–H groups in total. The fourth-order valence-corrected chi connectivity index (χ4v) is 1.66. The summed E-state index contributed by atoms with van der Waals surface area (Å²) < 4.78 is 5.23. The summed E-state index contributed by atoms with van der Waals surface area (Å²) in [7, 11) is 0. The number of ether oxygens (including phenoxy) is 1. The Balaban J connectivity index is 2.39. The molecule has 2 nitrogen and oxygen atoms in total. The minimum atomic E-state index is 0.655. The predicted octanol–water partition coefficient (Wildman–Crippen LogP) is 2.30. The SMILES string of the molecule is O=Cc1ccccc1C1=CCOCC1. The predicted molar refractivity (Wildman–Crippen MR) is 55.2 cm³/mol. The molecule has 0 amide bonds. The molecule has 14 heavy (non-hydrogen) atoms. The topological polar surface area (TPSA) is 26.3 Å². The van der Waals surface area contributed by atoms with Crippen molar-refractivity contribution < 1.29 is 9.53 Å². The van der Waals surface area contributed by atoms with E-state index < -0.39 is 0 Å². The number of aldehydes is 1. The maximum atomic E-state index is 10.8. The second-order valence-corrected chi connectivity index (χ2v) is 3.26. The van der Waals surface area contributed by atoms with Crippen LogP contribution in [0.3, 0.4) is 0 Å². The van der Waals surface area contributed by atoms with Crippen molar-refractivity contribution in [3.63, 3.8) is 0 Å². The second-order valence-electron chi connectivity index (χ2n) is 3.26. The zero-order chi connectivity index (χ0) is 9.80. The molecule has 0 aromatic heterocycles. The zero-order valence-electron chi connectivity index (χ0n) is 7.90. The average Bonchev–Trinajstić information content (AvgIpc) is 2.30. The fourth-order valence-electron chi connectivity index (χ4n) is 1.66. The minimum absolute atomic E-state index is 0.655. The molecule has 72 valence electrons. The highest BCUT2D eigenvalue weighted by atomic mass is 16.5. The van der Waals surface area contributed by atoms with Gasteiger partial charge in [-0.3, -0.25) is 4.79 Å². The van der Waals surface area contributed by atoms with Crippen LogP contribution in [0.4, 0.5) is 0 Å². The van der Waals surface area contributed by atoms with E-state index in [1.807, 2.05) is 30.3 Å². The van der Waals surface area contributed by atoms with Crippen molar-refractivity contribution in [3.8, 4) is 0 Å².